The SMILES string of the molecule is C/C(=N/O)[C@@]1([n+]2ccccc2)[C@H](O)C[C@H]2[C@@H]3CC=C4C[C@@H](O)CC[C@]4(C)[C@H]3CC[C@@]21C. The van der Waals surface area contributed by atoms with Crippen molar-refractivity contribution in [3.63, 3.8) is 0 Å². The Hall–Kier alpha value is -1.72. The van der Waals surface area contributed by atoms with Crippen molar-refractivity contribution in [2.45, 2.75) is 83.5 Å². The van der Waals surface area contributed by atoms with E-state index < -0.39 is 11.6 Å². The lowest BCUT2D eigenvalue weighted by Crippen LogP contribution is -2.72. The summed E-state index contributed by atoms with van der Waals surface area (Å²) in [4.78, 5) is 0. The molecule has 1 heterocycles. The number of allylic oxidation sites excluding steroid dienone is 1. The Morgan fingerprint density at radius 3 is 2.52 bits per heavy atom. The van der Waals surface area contributed by atoms with Crippen LogP contribution in [0.2, 0.25) is 0 Å². The van der Waals surface area contributed by atoms with Gasteiger partial charge in [0.15, 0.2) is 12.4 Å². The van der Waals surface area contributed by atoms with Crippen LogP contribution in [0.25, 0.3) is 0 Å². The first kappa shape index (κ1) is 21.1. The van der Waals surface area contributed by atoms with Gasteiger partial charge in [-0.2, -0.15) is 4.57 Å². The maximum absolute atomic E-state index is 11.7. The van der Waals surface area contributed by atoms with Crippen LogP contribution in [0.4, 0.5) is 0 Å². The Labute approximate surface area is 185 Å². The van der Waals surface area contributed by atoms with Crippen LogP contribution in [0.15, 0.2) is 47.4 Å². The first-order valence-electron chi connectivity index (χ1n) is 12.0. The largest absolute Gasteiger partial charge is 0.411 e. The second-order valence-corrected chi connectivity index (χ2v) is 11.1. The summed E-state index contributed by atoms with van der Waals surface area (Å²) < 4.78 is 2.11. The van der Waals surface area contributed by atoms with Gasteiger partial charge >= 0.3 is 0 Å². The van der Waals surface area contributed by atoms with E-state index in [4.69, 9.17) is 0 Å². The number of fused-ring (bicyclic) bond motifs is 5. The average molecular weight is 426 g/mol. The molecule has 3 fully saturated rings. The molecule has 0 bridgehead atoms. The molecular formula is C26H37N2O3+. The van der Waals surface area contributed by atoms with Crippen molar-refractivity contribution in [3.8, 4) is 0 Å². The molecule has 5 rings (SSSR count). The Morgan fingerprint density at radius 2 is 1.81 bits per heavy atom. The highest BCUT2D eigenvalue weighted by Gasteiger charge is 2.74. The molecule has 0 radical (unpaired) electrons. The normalized spacial score (nSPS) is 47.2. The monoisotopic (exact) mass is 425 g/mol. The third kappa shape index (κ3) is 2.62. The van der Waals surface area contributed by atoms with E-state index in [9.17, 15) is 15.4 Å². The van der Waals surface area contributed by atoms with Crippen molar-refractivity contribution in [1.82, 2.24) is 0 Å². The third-order valence-electron chi connectivity index (χ3n) is 10.1. The number of aromatic nitrogens is 1. The second-order valence-electron chi connectivity index (χ2n) is 11.1. The van der Waals surface area contributed by atoms with Gasteiger partial charge in [0.05, 0.1) is 6.10 Å². The van der Waals surface area contributed by atoms with E-state index >= 15 is 0 Å². The van der Waals surface area contributed by atoms with Gasteiger partial charge in [-0.1, -0.05) is 36.7 Å². The molecule has 4 aliphatic carbocycles. The smallest absolute Gasteiger partial charge is 0.239 e. The molecule has 168 valence electrons. The van der Waals surface area contributed by atoms with Crippen LogP contribution in [0, 0.1) is 28.6 Å². The molecule has 0 aliphatic heterocycles. The Balaban J connectivity index is 1.61. The van der Waals surface area contributed by atoms with E-state index in [-0.39, 0.29) is 16.9 Å². The van der Waals surface area contributed by atoms with Crippen LogP contribution >= 0.6 is 0 Å². The summed E-state index contributed by atoms with van der Waals surface area (Å²) in [6.07, 6.45) is 12.3. The molecule has 8 atom stereocenters. The molecular weight excluding hydrogens is 388 g/mol. The zero-order valence-electron chi connectivity index (χ0n) is 19.0. The van der Waals surface area contributed by atoms with Crippen LogP contribution in [-0.4, -0.2) is 33.3 Å². The molecule has 0 unspecified atom stereocenters. The minimum Gasteiger partial charge on any atom is -0.411 e. The lowest BCUT2D eigenvalue weighted by Gasteiger charge is -2.58. The van der Waals surface area contributed by atoms with Crippen LogP contribution in [0.3, 0.4) is 0 Å². The van der Waals surface area contributed by atoms with Crippen LogP contribution in [0.1, 0.15) is 65.7 Å². The van der Waals surface area contributed by atoms with Gasteiger partial charge in [-0.25, -0.2) is 0 Å². The Bertz CT molecular complexity index is 914. The molecule has 1 aromatic rings. The number of hydrogen-bond donors (Lipinski definition) is 3. The van der Waals surface area contributed by atoms with Crippen molar-refractivity contribution in [1.29, 1.82) is 0 Å². The zero-order chi connectivity index (χ0) is 22.0. The maximum atomic E-state index is 11.7. The quantitative estimate of drug-likeness (QED) is 0.222. The summed E-state index contributed by atoms with van der Waals surface area (Å²) in [5, 5.41) is 35.5. The van der Waals surface area contributed by atoms with Crippen LogP contribution in [0.5, 0.6) is 0 Å². The van der Waals surface area contributed by atoms with Gasteiger partial charge in [0.25, 0.3) is 0 Å². The third-order valence-corrected chi connectivity index (χ3v) is 10.1. The van der Waals surface area contributed by atoms with Gasteiger partial charge in [0.1, 0.15) is 11.8 Å². The number of aliphatic hydroxyl groups excluding tert-OH is 2. The molecule has 0 aromatic carbocycles. The fourth-order valence-electron chi connectivity index (χ4n) is 8.68. The molecule has 5 heteroatoms. The van der Waals surface area contributed by atoms with Crippen molar-refractivity contribution in [2.24, 2.45) is 33.7 Å². The molecule has 4 aliphatic rings. The summed E-state index contributed by atoms with van der Waals surface area (Å²) in [6, 6.07) is 5.97. The minimum absolute atomic E-state index is 0.166. The van der Waals surface area contributed by atoms with E-state index in [1.54, 1.807) is 0 Å². The van der Waals surface area contributed by atoms with Crippen molar-refractivity contribution < 1.29 is 20.0 Å². The molecule has 3 saturated carbocycles. The fourth-order valence-corrected chi connectivity index (χ4v) is 8.68. The van der Waals surface area contributed by atoms with E-state index in [2.05, 4.69) is 29.6 Å². The number of aliphatic hydroxyl groups is 2. The predicted molar refractivity (Wildman–Crippen MR) is 119 cm³/mol. The van der Waals surface area contributed by atoms with Gasteiger partial charge in [0.2, 0.25) is 5.54 Å². The lowest BCUT2D eigenvalue weighted by molar-refractivity contribution is -0.766. The minimum atomic E-state index is -0.744. The van der Waals surface area contributed by atoms with Crippen molar-refractivity contribution in [2.75, 3.05) is 0 Å². The first-order valence-corrected chi connectivity index (χ1v) is 12.0. The first-order chi connectivity index (χ1) is 14.8. The lowest BCUT2D eigenvalue weighted by atomic mass is 9.46. The zero-order valence-corrected chi connectivity index (χ0v) is 19.0. The van der Waals surface area contributed by atoms with Crippen LogP contribution in [-0.2, 0) is 5.54 Å². The van der Waals surface area contributed by atoms with E-state index in [1.807, 2.05) is 37.5 Å². The van der Waals surface area contributed by atoms with Crippen molar-refractivity contribution >= 4 is 5.71 Å². The molecule has 1 aromatic heterocycles. The summed E-state index contributed by atoms with van der Waals surface area (Å²) >= 11 is 0. The fraction of sp³-hybridized carbons (Fsp3) is 0.692. The van der Waals surface area contributed by atoms with Gasteiger partial charge < -0.3 is 15.4 Å². The maximum Gasteiger partial charge on any atom is 0.239 e. The molecule has 0 amide bonds. The average Bonchev–Trinajstić information content (AvgIpc) is 3.01. The number of nitrogens with zero attached hydrogens (tertiary/aromatic N) is 2. The molecule has 31 heavy (non-hydrogen) atoms. The summed E-state index contributed by atoms with van der Waals surface area (Å²) in [5.74, 6) is 1.45. The Morgan fingerprint density at radius 1 is 1.06 bits per heavy atom. The highest BCUT2D eigenvalue weighted by Crippen LogP contribution is 2.68. The highest BCUT2D eigenvalue weighted by atomic mass is 16.4. The molecule has 3 N–H and O–H groups in total. The van der Waals surface area contributed by atoms with Crippen molar-refractivity contribution in [3.05, 3.63) is 42.2 Å². The van der Waals surface area contributed by atoms with Gasteiger partial charge in [-0.3, -0.25) is 0 Å². The Kier molecular flexibility index (Phi) is 4.87. The molecule has 5 nitrogen and oxygen atoms in total. The predicted octanol–water partition coefficient (Wildman–Crippen LogP) is 3.81. The number of oxime groups is 1. The van der Waals surface area contributed by atoms with Gasteiger partial charge in [0, 0.05) is 17.5 Å². The number of pyridine rings is 1. The van der Waals surface area contributed by atoms with E-state index in [0.29, 0.717) is 23.5 Å². The summed E-state index contributed by atoms with van der Waals surface area (Å²) in [6.45, 7) is 6.62. The topological polar surface area (TPSA) is 76.9 Å². The summed E-state index contributed by atoms with van der Waals surface area (Å²) in [7, 11) is 0. The molecule has 0 spiro atoms. The number of hydrogen-bond acceptors (Lipinski definition) is 4. The number of rotatable bonds is 2. The standard InChI is InChI=1S/C26H36N2O3/c1-17(27-31)26(28-13-5-4-6-14-28)23(30)16-22-20-8-7-18-15-19(29)9-11-24(18,2)21(20)10-12-25(22,26)3/h4-7,13-14,19-23,29-30H,8-12,15-16H2,1-3H3/p+1/b27-17-/t19-,20+,21-,22-,23+,24-,25-,26+/m0/s1. The van der Waals surface area contributed by atoms with E-state index in [0.717, 1.165) is 44.9 Å². The highest BCUT2D eigenvalue weighted by molar-refractivity contribution is 5.89. The second kappa shape index (κ2) is 7.14. The van der Waals surface area contributed by atoms with Crippen LogP contribution < -0.4 is 4.57 Å². The van der Waals surface area contributed by atoms with Gasteiger partial charge in [-0.15, -0.1) is 0 Å². The van der Waals surface area contributed by atoms with Gasteiger partial charge in [-0.05, 0) is 75.0 Å². The van der Waals surface area contributed by atoms with E-state index in [1.165, 1.54) is 5.57 Å². The molecule has 0 saturated heterocycles. The summed E-state index contributed by atoms with van der Waals surface area (Å²) in [5.41, 5.74) is 1.28.